The van der Waals surface area contributed by atoms with Gasteiger partial charge in [0.1, 0.15) is 0 Å². The number of rotatable bonds is 4. The quantitative estimate of drug-likeness (QED) is 0.862. The molecule has 3 rings (SSSR count). The fourth-order valence-corrected chi connectivity index (χ4v) is 4.51. The van der Waals surface area contributed by atoms with E-state index in [-0.39, 0.29) is 0 Å². The zero-order valence-corrected chi connectivity index (χ0v) is 12.4. The Bertz CT molecular complexity index is 508. The smallest absolute Gasteiger partial charge is 0.328 e. The number of carboxylic acids is 1. The summed E-state index contributed by atoms with van der Waals surface area (Å²) in [5, 5.41) is 10.7. The molecule has 2 aliphatic rings. The summed E-state index contributed by atoms with van der Waals surface area (Å²) in [6.45, 7) is 2.26. The summed E-state index contributed by atoms with van der Waals surface area (Å²) in [5.41, 5.74) is 1.01. The van der Waals surface area contributed by atoms with Gasteiger partial charge in [-0.1, -0.05) is 12.8 Å². The third-order valence-corrected chi connectivity index (χ3v) is 5.52. The average Bonchev–Trinajstić information content (AvgIpc) is 3.05. The highest BCUT2D eigenvalue weighted by molar-refractivity contribution is 7.10. The molecule has 4 heteroatoms. The molecule has 2 fully saturated rings. The minimum absolute atomic E-state index is 0.795. The highest BCUT2D eigenvalue weighted by Gasteiger charge is 2.35. The Morgan fingerprint density at radius 3 is 3.10 bits per heavy atom. The maximum Gasteiger partial charge on any atom is 0.328 e. The van der Waals surface area contributed by atoms with Gasteiger partial charge in [-0.05, 0) is 54.8 Å². The SMILES string of the molecule is O=C(O)/C=C/c1csc(CN2CCC3CCCCC32)c1. The van der Waals surface area contributed by atoms with Crippen molar-refractivity contribution in [2.45, 2.75) is 44.7 Å². The lowest BCUT2D eigenvalue weighted by molar-refractivity contribution is -0.131. The summed E-state index contributed by atoms with van der Waals surface area (Å²) in [5.74, 6) is 0.0393. The molecule has 0 aromatic carbocycles. The molecule has 1 saturated heterocycles. The molecule has 1 saturated carbocycles. The second-order valence-corrected chi connectivity index (χ2v) is 6.88. The number of hydrogen-bond donors (Lipinski definition) is 1. The first-order valence-corrected chi connectivity index (χ1v) is 8.33. The van der Waals surface area contributed by atoms with E-state index < -0.39 is 5.97 Å². The van der Waals surface area contributed by atoms with Crippen molar-refractivity contribution in [1.82, 2.24) is 4.90 Å². The second-order valence-electron chi connectivity index (χ2n) is 5.89. The molecule has 3 nitrogen and oxygen atoms in total. The summed E-state index contributed by atoms with van der Waals surface area (Å²) in [7, 11) is 0. The largest absolute Gasteiger partial charge is 0.478 e. The molecule has 2 heterocycles. The maximum atomic E-state index is 10.5. The number of aliphatic carboxylic acids is 1. The van der Waals surface area contributed by atoms with E-state index in [9.17, 15) is 4.79 Å². The number of likely N-dealkylation sites (tertiary alicyclic amines) is 1. The Morgan fingerprint density at radius 2 is 2.25 bits per heavy atom. The third-order valence-electron chi connectivity index (χ3n) is 4.58. The second kappa shape index (κ2) is 6.10. The lowest BCUT2D eigenvalue weighted by Gasteiger charge is -2.31. The number of nitrogens with zero attached hydrogens (tertiary/aromatic N) is 1. The summed E-state index contributed by atoms with van der Waals surface area (Å²) in [4.78, 5) is 14.5. The lowest BCUT2D eigenvalue weighted by Crippen LogP contribution is -2.33. The van der Waals surface area contributed by atoms with Gasteiger partial charge in [0.2, 0.25) is 0 Å². The minimum Gasteiger partial charge on any atom is -0.478 e. The van der Waals surface area contributed by atoms with E-state index in [2.05, 4.69) is 11.0 Å². The Labute approximate surface area is 123 Å². The Hall–Kier alpha value is -1.13. The van der Waals surface area contributed by atoms with Crippen LogP contribution in [0.25, 0.3) is 6.08 Å². The van der Waals surface area contributed by atoms with Crippen molar-refractivity contribution >= 4 is 23.4 Å². The first-order chi connectivity index (χ1) is 9.72. The molecule has 1 aromatic heterocycles. The van der Waals surface area contributed by atoms with Crippen molar-refractivity contribution in [1.29, 1.82) is 0 Å². The number of fused-ring (bicyclic) bond motifs is 1. The number of carbonyl (C=O) groups is 1. The van der Waals surface area contributed by atoms with E-state index in [1.807, 2.05) is 5.38 Å². The van der Waals surface area contributed by atoms with Crippen molar-refractivity contribution in [3.05, 3.63) is 28.0 Å². The fourth-order valence-electron chi connectivity index (χ4n) is 3.63. The van der Waals surface area contributed by atoms with Crippen molar-refractivity contribution in [2.24, 2.45) is 5.92 Å². The first kappa shape index (κ1) is 13.8. The predicted molar refractivity (Wildman–Crippen MR) is 81.8 cm³/mol. The van der Waals surface area contributed by atoms with Gasteiger partial charge in [0.05, 0.1) is 0 Å². The Balaban J connectivity index is 1.62. The van der Waals surface area contributed by atoms with Crippen LogP contribution < -0.4 is 0 Å². The molecule has 2 unspecified atom stereocenters. The van der Waals surface area contributed by atoms with Crippen molar-refractivity contribution < 1.29 is 9.90 Å². The molecule has 1 aliphatic carbocycles. The van der Waals surface area contributed by atoms with Gasteiger partial charge in [-0.15, -0.1) is 11.3 Å². The van der Waals surface area contributed by atoms with Crippen LogP contribution in [-0.4, -0.2) is 28.6 Å². The number of hydrogen-bond acceptors (Lipinski definition) is 3. The molecule has 0 amide bonds. The summed E-state index contributed by atoms with van der Waals surface area (Å²) >= 11 is 1.74. The van der Waals surface area contributed by atoms with E-state index in [1.165, 1.54) is 49.6 Å². The number of carboxylic acid groups (broad SMARTS) is 1. The van der Waals surface area contributed by atoms with Crippen LogP contribution in [0.3, 0.4) is 0 Å². The van der Waals surface area contributed by atoms with Gasteiger partial charge < -0.3 is 5.11 Å². The molecule has 1 N–H and O–H groups in total. The lowest BCUT2D eigenvalue weighted by atomic mass is 9.85. The number of thiophene rings is 1. The Kier molecular flexibility index (Phi) is 4.22. The van der Waals surface area contributed by atoms with Crippen LogP contribution in [0.4, 0.5) is 0 Å². The normalized spacial score (nSPS) is 27.0. The maximum absolute atomic E-state index is 10.5. The van der Waals surface area contributed by atoms with Gasteiger partial charge in [0, 0.05) is 23.5 Å². The molecule has 20 heavy (non-hydrogen) atoms. The molecule has 1 aliphatic heterocycles. The highest BCUT2D eigenvalue weighted by Crippen LogP contribution is 2.37. The van der Waals surface area contributed by atoms with Gasteiger partial charge in [0.25, 0.3) is 0 Å². The molecule has 2 atom stereocenters. The van der Waals surface area contributed by atoms with Gasteiger partial charge >= 0.3 is 5.97 Å². The van der Waals surface area contributed by atoms with E-state index in [4.69, 9.17) is 5.11 Å². The van der Waals surface area contributed by atoms with Crippen molar-refractivity contribution in [3.8, 4) is 0 Å². The molecular weight excluding hydrogens is 270 g/mol. The molecule has 1 aromatic rings. The summed E-state index contributed by atoms with van der Waals surface area (Å²) < 4.78 is 0. The monoisotopic (exact) mass is 291 g/mol. The van der Waals surface area contributed by atoms with Crippen LogP contribution in [0.15, 0.2) is 17.5 Å². The van der Waals surface area contributed by atoms with E-state index in [0.29, 0.717) is 0 Å². The van der Waals surface area contributed by atoms with Crippen LogP contribution in [0, 0.1) is 5.92 Å². The van der Waals surface area contributed by atoms with Crippen LogP contribution in [0.5, 0.6) is 0 Å². The zero-order valence-electron chi connectivity index (χ0n) is 11.6. The first-order valence-electron chi connectivity index (χ1n) is 7.45. The van der Waals surface area contributed by atoms with Crippen LogP contribution in [-0.2, 0) is 11.3 Å². The highest BCUT2D eigenvalue weighted by atomic mass is 32.1. The van der Waals surface area contributed by atoms with Gasteiger partial charge in [-0.2, -0.15) is 0 Å². The predicted octanol–water partition coefficient (Wildman–Crippen LogP) is 3.61. The van der Waals surface area contributed by atoms with Gasteiger partial charge in [0.15, 0.2) is 0 Å². The van der Waals surface area contributed by atoms with E-state index >= 15 is 0 Å². The molecule has 108 valence electrons. The molecule has 0 radical (unpaired) electrons. The van der Waals surface area contributed by atoms with E-state index in [0.717, 1.165) is 24.1 Å². The van der Waals surface area contributed by atoms with Crippen LogP contribution in [0.2, 0.25) is 0 Å². The minimum atomic E-state index is -0.887. The van der Waals surface area contributed by atoms with Crippen molar-refractivity contribution in [3.63, 3.8) is 0 Å². The third kappa shape index (κ3) is 3.13. The van der Waals surface area contributed by atoms with Gasteiger partial charge in [-0.3, -0.25) is 4.90 Å². The topological polar surface area (TPSA) is 40.5 Å². The summed E-state index contributed by atoms with van der Waals surface area (Å²) in [6.07, 6.45) is 9.82. The van der Waals surface area contributed by atoms with E-state index in [1.54, 1.807) is 17.4 Å². The van der Waals surface area contributed by atoms with Crippen LogP contribution in [0.1, 0.15) is 42.5 Å². The van der Waals surface area contributed by atoms with Gasteiger partial charge in [-0.25, -0.2) is 4.79 Å². The molecular formula is C16H21NO2S. The zero-order chi connectivity index (χ0) is 13.9. The molecule has 0 spiro atoms. The Morgan fingerprint density at radius 1 is 1.40 bits per heavy atom. The summed E-state index contributed by atoms with van der Waals surface area (Å²) in [6, 6.07) is 2.92. The van der Waals surface area contributed by atoms with Crippen molar-refractivity contribution in [2.75, 3.05) is 6.54 Å². The standard InChI is InChI=1S/C16H21NO2S/c18-16(19)6-5-12-9-14(20-11-12)10-17-8-7-13-3-1-2-4-15(13)17/h5-6,9,11,13,15H,1-4,7-8,10H2,(H,18,19)/b6-5+. The average molecular weight is 291 g/mol. The van der Waals surface area contributed by atoms with Crippen LogP contribution >= 0.6 is 11.3 Å². The fraction of sp³-hybridized carbons (Fsp3) is 0.562. The molecule has 0 bridgehead atoms.